The summed E-state index contributed by atoms with van der Waals surface area (Å²) in [5.74, 6) is -1.53. The van der Waals surface area contributed by atoms with E-state index in [1.165, 1.54) is 6.07 Å². The first kappa shape index (κ1) is 16.5. The molecule has 0 aliphatic carbocycles. The molecule has 0 saturated heterocycles. The van der Waals surface area contributed by atoms with Crippen LogP contribution >= 0.6 is 15.9 Å². The van der Waals surface area contributed by atoms with E-state index >= 15 is 0 Å². The van der Waals surface area contributed by atoms with Gasteiger partial charge in [0.1, 0.15) is 0 Å². The third-order valence-electron chi connectivity index (χ3n) is 3.28. The first-order chi connectivity index (χ1) is 10.3. The second-order valence-corrected chi connectivity index (χ2v) is 5.65. The van der Waals surface area contributed by atoms with Crippen LogP contribution in [0.1, 0.15) is 29.0 Å². The van der Waals surface area contributed by atoms with E-state index < -0.39 is 23.6 Å². The van der Waals surface area contributed by atoms with Gasteiger partial charge in [0.15, 0.2) is 0 Å². The van der Waals surface area contributed by atoms with Crippen LogP contribution in [-0.2, 0) is 11.0 Å². The molecule has 6 heteroatoms. The molecule has 0 radical (unpaired) electrons. The van der Waals surface area contributed by atoms with E-state index in [1.54, 1.807) is 30.3 Å². The average Bonchev–Trinajstić information content (AvgIpc) is 2.45. The lowest BCUT2D eigenvalue weighted by Gasteiger charge is -2.19. The second kappa shape index (κ2) is 6.52. The number of aliphatic carboxylic acids is 1. The van der Waals surface area contributed by atoms with Crippen molar-refractivity contribution >= 4 is 21.9 Å². The van der Waals surface area contributed by atoms with Crippen molar-refractivity contribution in [2.45, 2.75) is 18.5 Å². The highest BCUT2D eigenvalue weighted by molar-refractivity contribution is 9.10. The third-order valence-corrected chi connectivity index (χ3v) is 3.97. The smallest absolute Gasteiger partial charge is 0.416 e. The summed E-state index contributed by atoms with van der Waals surface area (Å²) < 4.78 is 38.4. The van der Waals surface area contributed by atoms with Gasteiger partial charge < -0.3 is 5.11 Å². The van der Waals surface area contributed by atoms with Crippen LogP contribution in [0.5, 0.6) is 0 Å². The fourth-order valence-electron chi connectivity index (χ4n) is 2.25. The number of carboxylic acid groups (broad SMARTS) is 1. The normalized spacial score (nSPS) is 12.9. The summed E-state index contributed by atoms with van der Waals surface area (Å²) in [6, 6.07) is 12.1. The monoisotopic (exact) mass is 372 g/mol. The number of hydrogen-bond donors (Lipinski definition) is 1. The van der Waals surface area contributed by atoms with Gasteiger partial charge in [0, 0.05) is 10.4 Å². The Morgan fingerprint density at radius 2 is 1.77 bits per heavy atom. The molecule has 2 rings (SSSR count). The van der Waals surface area contributed by atoms with Crippen molar-refractivity contribution in [1.82, 2.24) is 0 Å². The zero-order valence-electron chi connectivity index (χ0n) is 11.3. The van der Waals surface area contributed by atoms with Crippen molar-refractivity contribution in [3.05, 3.63) is 69.7 Å². The molecule has 0 spiro atoms. The maximum absolute atomic E-state index is 12.7. The number of benzene rings is 2. The molecule has 0 aliphatic heterocycles. The van der Waals surface area contributed by atoms with Gasteiger partial charge in [0.2, 0.25) is 0 Å². The summed E-state index contributed by atoms with van der Waals surface area (Å²) in [7, 11) is 0. The van der Waals surface area contributed by atoms with E-state index in [-0.39, 0.29) is 10.9 Å². The van der Waals surface area contributed by atoms with E-state index in [9.17, 15) is 18.0 Å². The first-order valence-electron chi connectivity index (χ1n) is 6.42. The molecule has 0 saturated carbocycles. The summed E-state index contributed by atoms with van der Waals surface area (Å²) in [5, 5.41) is 9.09. The Balaban J connectivity index is 2.47. The summed E-state index contributed by atoms with van der Waals surface area (Å²) in [6.45, 7) is 0. The lowest BCUT2D eigenvalue weighted by Crippen LogP contribution is -2.10. The van der Waals surface area contributed by atoms with E-state index in [2.05, 4.69) is 15.9 Å². The summed E-state index contributed by atoms with van der Waals surface area (Å²) in [5.41, 5.74) is 0.484. The average molecular weight is 373 g/mol. The molecule has 0 unspecified atom stereocenters. The molecule has 1 atom stereocenters. The van der Waals surface area contributed by atoms with Crippen LogP contribution in [0.25, 0.3) is 0 Å². The summed E-state index contributed by atoms with van der Waals surface area (Å²) >= 11 is 3.13. The van der Waals surface area contributed by atoms with Crippen LogP contribution in [0, 0.1) is 0 Å². The van der Waals surface area contributed by atoms with Gasteiger partial charge >= 0.3 is 12.1 Å². The minimum atomic E-state index is -4.43. The van der Waals surface area contributed by atoms with E-state index in [0.29, 0.717) is 5.56 Å². The molecule has 1 N–H and O–H groups in total. The van der Waals surface area contributed by atoms with Crippen LogP contribution in [0.15, 0.2) is 53.0 Å². The van der Waals surface area contributed by atoms with E-state index in [1.807, 2.05) is 0 Å². The number of alkyl halides is 3. The fourth-order valence-corrected chi connectivity index (χ4v) is 2.91. The molecule has 0 fully saturated rings. The Labute approximate surface area is 133 Å². The molecule has 2 aromatic carbocycles. The highest BCUT2D eigenvalue weighted by Gasteiger charge is 2.31. The predicted molar refractivity (Wildman–Crippen MR) is 79.7 cm³/mol. The molecule has 0 bridgehead atoms. The Morgan fingerprint density at radius 1 is 1.14 bits per heavy atom. The van der Waals surface area contributed by atoms with Crippen LogP contribution in [0.4, 0.5) is 13.2 Å². The highest BCUT2D eigenvalue weighted by Crippen LogP contribution is 2.37. The zero-order valence-corrected chi connectivity index (χ0v) is 12.9. The highest BCUT2D eigenvalue weighted by atomic mass is 79.9. The lowest BCUT2D eigenvalue weighted by atomic mass is 9.88. The predicted octanol–water partition coefficient (Wildman–Crippen LogP) is 5.07. The van der Waals surface area contributed by atoms with Gasteiger partial charge in [-0.05, 0) is 23.3 Å². The maximum atomic E-state index is 12.7. The number of hydrogen-bond acceptors (Lipinski definition) is 1. The van der Waals surface area contributed by atoms with Gasteiger partial charge in [0.05, 0.1) is 12.0 Å². The van der Waals surface area contributed by atoms with Crippen molar-refractivity contribution in [2.24, 2.45) is 0 Å². The van der Waals surface area contributed by atoms with Crippen LogP contribution in [0.2, 0.25) is 0 Å². The quantitative estimate of drug-likeness (QED) is 0.812. The largest absolute Gasteiger partial charge is 0.481 e. The Hall–Kier alpha value is -1.82. The molecule has 0 heterocycles. The first-order valence-corrected chi connectivity index (χ1v) is 7.21. The topological polar surface area (TPSA) is 37.3 Å². The van der Waals surface area contributed by atoms with Crippen LogP contribution in [-0.4, -0.2) is 11.1 Å². The Kier molecular flexibility index (Phi) is 4.90. The second-order valence-electron chi connectivity index (χ2n) is 4.80. The van der Waals surface area contributed by atoms with Gasteiger partial charge in [-0.1, -0.05) is 52.3 Å². The van der Waals surface area contributed by atoms with Gasteiger partial charge in [-0.3, -0.25) is 4.79 Å². The molecular formula is C16H12BrF3O2. The molecule has 0 aliphatic rings. The fraction of sp³-hybridized carbons (Fsp3) is 0.188. The Bertz CT molecular complexity index is 669. The lowest BCUT2D eigenvalue weighted by molar-refractivity contribution is -0.138. The van der Waals surface area contributed by atoms with Crippen LogP contribution < -0.4 is 0 Å². The van der Waals surface area contributed by atoms with Crippen molar-refractivity contribution in [3.63, 3.8) is 0 Å². The Morgan fingerprint density at radius 3 is 2.27 bits per heavy atom. The number of halogens is 4. The zero-order chi connectivity index (χ0) is 16.3. The van der Waals surface area contributed by atoms with Crippen molar-refractivity contribution in [2.75, 3.05) is 0 Å². The SMILES string of the molecule is O=C(O)C[C@H](c1ccccc1)c1ccc(C(F)(F)F)cc1Br. The maximum Gasteiger partial charge on any atom is 0.416 e. The summed E-state index contributed by atoms with van der Waals surface area (Å²) in [6.07, 6.45) is -4.63. The standard InChI is InChI=1S/C16H12BrF3O2/c17-14-8-11(16(18,19)20)6-7-12(14)13(9-15(21)22)10-4-2-1-3-5-10/h1-8,13H,9H2,(H,21,22)/t13-/m1/s1. The van der Waals surface area contributed by atoms with E-state index in [4.69, 9.17) is 5.11 Å². The number of carboxylic acids is 1. The summed E-state index contributed by atoms with van der Waals surface area (Å²) in [4.78, 5) is 11.1. The molecule has 22 heavy (non-hydrogen) atoms. The minimum Gasteiger partial charge on any atom is -0.481 e. The van der Waals surface area contributed by atoms with Gasteiger partial charge in [0.25, 0.3) is 0 Å². The number of carbonyl (C=O) groups is 1. The molecule has 0 amide bonds. The number of rotatable bonds is 4. The molecule has 2 aromatic rings. The van der Waals surface area contributed by atoms with Gasteiger partial charge in [-0.15, -0.1) is 0 Å². The van der Waals surface area contributed by atoms with Crippen molar-refractivity contribution < 1.29 is 23.1 Å². The molecule has 116 valence electrons. The molecular weight excluding hydrogens is 361 g/mol. The van der Waals surface area contributed by atoms with Crippen LogP contribution in [0.3, 0.4) is 0 Å². The van der Waals surface area contributed by atoms with Gasteiger partial charge in [-0.2, -0.15) is 13.2 Å². The van der Waals surface area contributed by atoms with Crippen molar-refractivity contribution in [1.29, 1.82) is 0 Å². The van der Waals surface area contributed by atoms with Crippen molar-refractivity contribution in [3.8, 4) is 0 Å². The molecule has 0 aromatic heterocycles. The van der Waals surface area contributed by atoms with Gasteiger partial charge in [-0.25, -0.2) is 0 Å². The van der Waals surface area contributed by atoms with E-state index in [0.717, 1.165) is 17.7 Å². The molecule has 2 nitrogen and oxygen atoms in total. The third kappa shape index (κ3) is 3.88. The minimum absolute atomic E-state index is 0.200.